The summed E-state index contributed by atoms with van der Waals surface area (Å²) in [4.78, 5) is 8.86. The molecule has 0 aliphatic carbocycles. The molecular weight excluding hydrogens is 198 g/mol. The summed E-state index contributed by atoms with van der Waals surface area (Å²) >= 11 is 0. The minimum absolute atomic E-state index is 0.769. The number of nitrogens with zero attached hydrogens (tertiary/aromatic N) is 2. The Labute approximate surface area is 95.4 Å². The predicted octanol–water partition coefficient (Wildman–Crippen LogP) is 2.60. The van der Waals surface area contributed by atoms with E-state index in [1.54, 1.807) is 0 Å². The van der Waals surface area contributed by atoms with Gasteiger partial charge in [0.05, 0.1) is 5.69 Å². The summed E-state index contributed by atoms with van der Waals surface area (Å²) in [7, 11) is 0. The van der Waals surface area contributed by atoms with Gasteiger partial charge in [0.2, 0.25) is 0 Å². The average molecular weight is 213 g/mol. The second-order valence-electron chi connectivity index (χ2n) is 3.79. The lowest BCUT2D eigenvalue weighted by molar-refractivity contribution is 0.921. The summed E-state index contributed by atoms with van der Waals surface area (Å²) in [5.41, 5.74) is 9.47. The quantitative estimate of drug-likeness (QED) is 0.780. The van der Waals surface area contributed by atoms with Crippen molar-refractivity contribution in [2.24, 2.45) is 0 Å². The standard InChI is InChI=1S/C13H15N3/c1-3-13-15-9(2)8-12(16-13)10-4-6-11(14)7-5-10/h4-8H,3,14H2,1-2H3. The fourth-order valence-electron chi connectivity index (χ4n) is 1.59. The third-order valence-electron chi connectivity index (χ3n) is 2.42. The van der Waals surface area contributed by atoms with Gasteiger partial charge in [0, 0.05) is 23.4 Å². The Morgan fingerprint density at radius 3 is 2.44 bits per heavy atom. The third kappa shape index (κ3) is 2.19. The Morgan fingerprint density at radius 1 is 1.12 bits per heavy atom. The highest BCUT2D eigenvalue weighted by molar-refractivity contribution is 5.62. The van der Waals surface area contributed by atoms with Gasteiger partial charge in [-0.25, -0.2) is 9.97 Å². The molecule has 0 aliphatic rings. The molecule has 0 amide bonds. The van der Waals surface area contributed by atoms with Crippen LogP contribution < -0.4 is 5.73 Å². The molecule has 1 heterocycles. The molecule has 0 bridgehead atoms. The Balaban J connectivity index is 2.47. The number of rotatable bonds is 2. The second-order valence-corrected chi connectivity index (χ2v) is 3.79. The third-order valence-corrected chi connectivity index (χ3v) is 2.42. The van der Waals surface area contributed by atoms with Crippen molar-refractivity contribution in [3.63, 3.8) is 0 Å². The predicted molar refractivity (Wildman–Crippen MR) is 66.0 cm³/mol. The van der Waals surface area contributed by atoms with Crippen molar-refractivity contribution in [3.05, 3.63) is 41.9 Å². The van der Waals surface area contributed by atoms with Crippen molar-refractivity contribution in [1.82, 2.24) is 9.97 Å². The van der Waals surface area contributed by atoms with Gasteiger partial charge in [0.15, 0.2) is 0 Å². The maximum absolute atomic E-state index is 5.66. The summed E-state index contributed by atoms with van der Waals surface area (Å²) in [5, 5.41) is 0. The van der Waals surface area contributed by atoms with Crippen LogP contribution in [0.5, 0.6) is 0 Å². The first-order chi connectivity index (χ1) is 7.69. The lowest BCUT2D eigenvalue weighted by Crippen LogP contribution is -1.97. The highest BCUT2D eigenvalue weighted by Gasteiger charge is 2.03. The van der Waals surface area contributed by atoms with Gasteiger partial charge < -0.3 is 5.73 Å². The van der Waals surface area contributed by atoms with E-state index in [9.17, 15) is 0 Å². The maximum Gasteiger partial charge on any atom is 0.128 e. The number of anilines is 1. The van der Waals surface area contributed by atoms with Crippen molar-refractivity contribution in [2.75, 3.05) is 5.73 Å². The first-order valence-electron chi connectivity index (χ1n) is 5.39. The van der Waals surface area contributed by atoms with Gasteiger partial charge >= 0.3 is 0 Å². The van der Waals surface area contributed by atoms with Crippen LogP contribution in [0.3, 0.4) is 0 Å². The molecule has 0 atom stereocenters. The van der Waals surface area contributed by atoms with Crippen molar-refractivity contribution < 1.29 is 0 Å². The molecule has 0 radical (unpaired) electrons. The molecule has 1 aromatic carbocycles. The molecule has 3 nitrogen and oxygen atoms in total. The molecule has 2 rings (SSSR count). The number of aryl methyl sites for hydroxylation is 2. The molecule has 0 aliphatic heterocycles. The molecule has 0 fully saturated rings. The molecule has 0 spiro atoms. The van der Waals surface area contributed by atoms with Crippen molar-refractivity contribution in [2.45, 2.75) is 20.3 Å². The van der Waals surface area contributed by atoms with E-state index in [4.69, 9.17) is 5.73 Å². The lowest BCUT2D eigenvalue weighted by Gasteiger charge is -2.05. The Bertz CT molecular complexity index is 489. The molecular formula is C13H15N3. The number of nitrogens with two attached hydrogens (primary N) is 1. The summed E-state index contributed by atoms with van der Waals surface area (Å²) in [5.74, 6) is 0.881. The number of aromatic nitrogens is 2. The van der Waals surface area contributed by atoms with Crippen LogP contribution in [0.25, 0.3) is 11.3 Å². The van der Waals surface area contributed by atoms with E-state index in [-0.39, 0.29) is 0 Å². The molecule has 0 unspecified atom stereocenters. The zero-order valence-corrected chi connectivity index (χ0v) is 9.57. The fourth-order valence-corrected chi connectivity index (χ4v) is 1.59. The normalized spacial score (nSPS) is 10.4. The molecule has 3 heteroatoms. The summed E-state index contributed by atoms with van der Waals surface area (Å²) in [6.45, 7) is 4.04. The Kier molecular flexibility index (Phi) is 2.86. The number of hydrogen-bond acceptors (Lipinski definition) is 3. The highest BCUT2D eigenvalue weighted by Crippen LogP contribution is 2.19. The molecule has 1 aromatic heterocycles. The first kappa shape index (κ1) is 10.6. The van der Waals surface area contributed by atoms with Crippen LogP contribution in [0.1, 0.15) is 18.4 Å². The largest absolute Gasteiger partial charge is 0.399 e. The summed E-state index contributed by atoms with van der Waals surface area (Å²) in [6.07, 6.45) is 0.851. The van der Waals surface area contributed by atoms with E-state index < -0.39 is 0 Å². The van der Waals surface area contributed by atoms with Crippen molar-refractivity contribution in [1.29, 1.82) is 0 Å². The molecule has 2 aromatic rings. The van der Waals surface area contributed by atoms with Gasteiger partial charge in [-0.2, -0.15) is 0 Å². The van der Waals surface area contributed by atoms with Gasteiger partial charge in [-0.05, 0) is 25.1 Å². The smallest absolute Gasteiger partial charge is 0.128 e. The minimum Gasteiger partial charge on any atom is -0.399 e. The van der Waals surface area contributed by atoms with Gasteiger partial charge in [0.1, 0.15) is 5.82 Å². The van der Waals surface area contributed by atoms with Crippen LogP contribution in [0.4, 0.5) is 5.69 Å². The zero-order valence-electron chi connectivity index (χ0n) is 9.57. The Morgan fingerprint density at radius 2 is 1.81 bits per heavy atom. The van der Waals surface area contributed by atoms with Gasteiger partial charge in [-0.15, -0.1) is 0 Å². The van der Waals surface area contributed by atoms with Crippen molar-refractivity contribution in [3.8, 4) is 11.3 Å². The first-order valence-corrected chi connectivity index (χ1v) is 5.39. The summed E-state index contributed by atoms with van der Waals surface area (Å²) in [6, 6.07) is 9.73. The van der Waals surface area contributed by atoms with Gasteiger partial charge in [0.25, 0.3) is 0 Å². The van der Waals surface area contributed by atoms with Crippen LogP contribution in [0.15, 0.2) is 30.3 Å². The SMILES string of the molecule is CCc1nc(C)cc(-c2ccc(N)cc2)n1. The van der Waals surface area contributed by atoms with Crippen LogP contribution in [-0.4, -0.2) is 9.97 Å². The van der Waals surface area contributed by atoms with Crippen LogP contribution >= 0.6 is 0 Å². The van der Waals surface area contributed by atoms with E-state index in [0.29, 0.717) is 0 Å². The van der Waals surface area contributed by atoms with E-state index in [1.807, 2.05) is 37.3 Å². The molecule has 16 heavy (non-hydrogen) atoms. The molecule has 0 saturated heterocycles. The Hall–Kier alpha value is -1.90. The maximum atomic E-state index is 5.66. The van der Waals surface area contributed by atoms with E-state index in [1.165, 1.54) is 0 Å². The van der Waals surface area contributed by atoms with E-state index >= 15 is 0 Å². The second kappa shape index (κ2) is 4.31. The van der Waals surface area contributed by atoms with Gasteiger partial charge in [-0.3, -0.25) is 0 Å². The monoisotopic (exact) mass is 213 g/mol. The lowest BCUT2D eigenvalue weighted by atomic mass is 10.1. The van der Waals surface area contributed by atoms with E-state index in [2.05, 4.69) is 16.9 Å². The number of benzene rings is 1. The van der Waals surface area contributed by atoms with Gasteiger partial charge in [-0.1, -0.05) is 19.1 Å². The topological polar surface area (TPSA) is 51.8 Å². The fraction of sp³-hybridized carbons (Fsp3) is 0.231. The minimum atomic E-state index is 0.769. The highest BCUT2D eigenvalue weighted by atomic mass is 14.9. The molecule has 0 saturated carbocycles. The number of hydrogen-bond donors (Lipinski definition) is 1. The summed E-state index contributed by atoms with van der Waals surface area (Å²) < 4.78 is 0. The number of nitrogen functional groups attached to an aromatic ring is 1. The van der Waals surface area contributed by atoms with E-state index in [0.717, 1.165) is 34.9 Å². The molecule has 82 valence electrons. The van der Waals surface area contributed by atoms with Crippen LogP contribution in [-0.2, 0) is 6.42 Å². The van der Waals surface area contributed by atoms with Crippen LogP contribution in [0, 0.1) is 6.92 Å². The van der Waals surface area contributed by atoms with Crippen LogP contribution in [0.2, 0.25) is 0 Å². The van der Waals surface area contributed by atoms with Crippen molar-refractivity contribution >= 4 is 5.69 Å². The average Bonchev–Trinajstić information content (AvgIpc) is 2.29. The zero-order chi connectivity index (χ0) is 11.5. The molecule has 2 N–H and O–H groups in total.